The van der Waals surface area contributed by atoms with Gasteiger partial charge in [0.25, 0.3) is 0 Å². The van der Waals surface area contributed by atoms with Crippen molar-refractivity contribution < 1.29 is 17.9 Å². The van der Waals surface area contributed by atoms with Crippen molar-refractivity contribution in [2.24, 2.45) is 0 Å². The summed E-state index contributed by atoms with van der Waals surface area (Å²) in [6, 6.07) is 9.24. The van der Waals surface area contributed by atoms with E-state index >= 15 is 0 Å². The van der Waals surface area contributed by atoms with Gasteiger partial charge in [0.05, 0.1) is 0 Å². The molecule has 3 heterocycles. The molecule has 0 aliphatic carbocycles. The van der Waals surface area contributed by atoms with E-state index in [1.54, 1.807) is 25.1 Å². The molecule has 0 spiro atoms. The zero-order valence-corrected chi connectivity index (χ0v) is 16.5. The van der Waals surface area contributed by atoms with Gasteiger partial charge in [-0.2, -0.15) is 0 Å². The standard InChI is InChI=1S/C22H15ClF2N2O3/c1-12-15-5-4-14(29-11-18-17(24)3-2-7-26-18)10-19(15)30-22(28)16(12)9-13-6-8-27-21(23)20(13)25/h2-8,10H,9,11H2,1H3. The molecule has 4 rings (SSSR count). The molecule has 3 aromatic heterocycles. The Morgan fingerprint density at radius 1 is 1.13 bits per heavy atom. The van der Waals surface area contributed by atoms with Gasteiger partial charge in [-0.05, 0) is 48.4 Å². The van der Waals surface area contributed by atoms with Crippen LogP contribution in [0.25, 0.3) is 11.0 Å². The fourth-order valence-corrected chi connectivity index (χ4v) is 3.30. The van der Waals surface area contributed by atoms with Gasteiger partial charge in [0, 0.05) is 35.8 Å². The zero-order valence-electron chi connectivity index (χ0n) is 15.8. The van der Waals surface area contributed by atoms with Crippen molar-refractivity contribution in [3.63, 3.8) is 0 Å². The first kappa shape index (κ1) is 20.0. The molecule has 0 N–H and O–H groups in total. The van der Waals surface area contributed by atoms with E-state index in [2.05, 4.69) is 9.97 Å². The predicted octanol–water partition coefficient (Wildman–Crippen LogP) is 4.99. The Morgan fingerprint density at radius 2 is 1.97 bits per heavy atom. The van der Waals surface area contributed by atoms with Gasteiger partial charge < -0.3 is 9.15 Å². The first-order valence-corrected chi connectivity index (χ1v) is 9.39. The number of hydrogen-bond donors (Lipinski definition) is 0. The van der Waals surface area contributed by atoms with E-state index in [0.29, 0.717) is 27.8 Å². The Balaban J connectivity index is 1.65. The highest BCUT2D eigenvalue weighted by Gasteiger charge is 2.16. The molecular weight excluding hydrogens is 414 g/mol. The average molecular weight is 429 g/mol. The van der Waals surface area contributed by atoms with Crippen LogP contribution < -0.4 is 10.4 Å². The number of nitrogens with zero attached hydrogens (tertiary/aromatic N) is 2. The second-order valence-corrected chi connectivity index (χ2v) is 6.98. The summed E-state index contributed by atoms with van der Waals surface area (Å²) in [5.41, 5.74) is 1.14. The van der Waals surface area contributed by atoms with Crippen molar-refractivity contribution >= 4 is 22.6 Å². The fourth-order valence-electron chi connectivity index (χ4n) is 3.13. The summed E-state index contributed by atoms with van der Waals surface area (Å²) in [4.78, 5) is 20.2. The Labute approximate surface area is 174 Å². The van der Waals surface area contributed by atoms with Crippen LogP contribution in [0.3, 0.4) is 0 Å². The molecule has 0 fully saturated rings. The number of halogens is 3. The second kappa shape index (κ2) is 8.20. The third-order valence-electron chi connectivity index (χ3n) is 4.76. The molecule has 8 heteroatoms. The van der Waals surface area contributed by atoms with Gasteiger partial charge >= 0.3 is 5.63 Å². The number of hydrogen-bond acceptors (Lipinski definition) is 5. The number of benzene rings is 1. The molecule has 4 aromatic rings. The normalized spacial score (nSPS) is 11.1. The second-order valence-electron chi connectivity index (χ2n) is 6.62. The third kappa shape index (κ3) is 3.89. The highest BCUT2D eigenvalue weighted by atomic mass is 35.5. The van der Waals surface area contributed by atoms with Gasteiger partial charge in [0.1, 0.15) is 29.5 Å². The molecule has 0 atom stereocenters. The maximum Gasteiger partial charge on any atom is 0.340 e. The molecule has 0 unspecified atom stereocenters. The molecular formula is C22H15ClF2N2O3. The van der Waals surface area contributed by atoms with Crippen LogP contribution in [0.5, 0.6) is 5.75 Å². The van der Waals surface area contributed by atoms with E-state index in [1.807, 2.05) is 0 Å². The van der Waals surface area contributed by atoms with Crippen LogP contribution in [0.15, 0.2) is 58.0 Å². The van der Waals surface area contributed by atoms with Crippen molar-refractivity contribution in [3.05, 3.63) is 98.4 Å². The lowest BCUT2D eigenvalue weighted by Gasteiger charge is -2.11. The summed E-state index contributed by atoms with van der Waals surface area (Å²) in [5.74, 6) is -0.730. The number of ether oxygens (including phenoxy) is 1. The minimum atomic E-state index is -0.663. The monoisotopic (exact) mass is 428 g/mol. The van der Waals surface area contributed by atoms with Crippen LogP contribution >= 0.6 is 11.6 Å². The maximum absolute atomic E-state index is 14.2. The van der Waals surface area contributed by atoms with Gasteiger partial charge in [-0.15, -0.1) is 0 Å². The summed E-state index contributed by atoms with van der Waals surface area (Å²) in [5, 5.41) is 0.433. The smallest absolute Gasteiger partial charge is 0.340 e. The Kier molecular flexibility index (Phi) is 5.46. The van der Waals surface area contributed by atoms with Crippen LogP contribution in [-0.2, 0) is 13.0 Å². The number of aromatic nitrogens is 2. The number of rotatable bonds is 5. The van der Waals surface area contributed by atoms with Gasteiger partial charge in [0.15, 0.2) is 11.0 Å². The Hall–Kier alpha value is -3.32. The summed E-state index contributed by atoms with van der Waals surface area (Å²) < 4.78 is 38.9. The van der Waals surface area contributed by atoms with Gasteiger partial charge in [-0.1, -0.05) is 11.6 Å². The molecule has 1 aromatic carbocycles. The lowest BCUT2D eigenvalue weighted by atomic mass is 10.00. The highest BCUT2D eigenvalue weighted by Crippen LogP contribution is 2.26. The molecule has 0 amide bonds. The molecule has 0 saturated heterocycles. The summed E-state index contributed by atoms with van der Waals surface area (Å²) >= 11 is 5.73. The van der Waals surface area contributed by atoms with Gasteiger partial charge in [-0.3, -0.25) is 4.98 Å². The molecule has 0 bridgehead atoms. The number of fused-ring (bicyclic) bond motifs is 1. The topological polar surface area (TPSA) is 65.2 Å². The molecule has 0 radical (unpaired) electrons. The third-order valence-corrected chi connectivity index (χ3v) is 5.03. The summed E-state index contributed by atoms with van der Waals surface area (Å²) in [6.45, 7) is 1.70. The minimum Gasteiger partial charge on any atom is -0.487 e. The first-order valence-electron chi connectivity index (χ1n) is 9.01. The summed E-state index contributed by atoms with van der Waals surface area (Å²) in [6.07, 6.45) is 2.88. The van der Waals surface area contributed by atoms with Gasteiger partial charge in [-0.25, -0.2) is 18.6 Å². The van der Waals surface area contributed by atoms with Crippen LogP contribution in [0, 0.1) is 18.6 Å². The quantitative estimate of drug-likeness (QED) is 0.331. The van der Waals surface area contributed by atoms with Crippen LogP contribution in [0.4, 0.5) is 8.78 Å². The van der Waals surface area contributed by atoms with Crippen LogP contribution in [-0.4, -0.2) is 9.97 Å². The molecule has 0 aliphatic rings. The van der Waals surface area contributed by atoms with E-state index in [4.69, 9.17) is 20.8 Å². The van der Waals surface area contributed by atoms with Crippen molar-refractivity contribution in [2.45, 2.75) is 20.0 Å². The molecule has 152 valence electrons. The first-order chi connectivity index (χ1) is 14.4. The van der Waals surface area contributed by atoms with Gasteiger partial charge in [0.2, 0.25) is 0 Å². The van der Waals surface area contributed by atoms with Crippen molar-refractivity contribution in [1.29, 1.82) is 0 Å². The van der Waals surface area contributed by atoms with Crippen molar-refractivity contribution in [2.75, 3.05) is 0 Å². The highest BCUT2D eigenvalue weighted by molar-refractivity contribution is 6.29. The fraction of sp³-hybridized carbons (Fsp3) is 0.136. The van der Waals surface area contributed by atoms with E-state index in [0.717, 1.165) is 0 Å². The Bertz CT molecular complexity index is 1310. The molecule has 30 heavy (non-hydrogen) atoms. The van der Waals surface area contributed by atoms with Crippen molar-refractivity contribution in [1.82, 2.24) is 9.97 Å². The van der Waals surface area contributed by atoms with E-state index in [9.17, 15) is 13.6 Å². The van der Waals surface area contributed by atoms with Crippen LogP contribution in [0.1, 0.15) is 22.4 Å². The van der Waals surface area contributed by atoms with E-state index in [1.165, 1.54) is 30.6 Å². The van der Waals surface area contributed by atoms with E-state index in [-0.39, 0.29) is 29.4 Å². The SMILES string of the molecule is Cc1c(Cc2ccnc(Cl)c2F)c(=O)oc2cc(OCc3ncccc3F)ccc12. The molecule has 0 saturated carbocycles. The Morgan fingerprint density at radius 3 is 2.77 bits per heavy atom. The largest absolute Gasteiger partial charge is 0.487 e. The van der Waals surface area contributed by atoms with E-state index < -0.39 is 17.3 Å². The average Bonchev–Trinajstić information content (AvgIpc) is 2.73. The zero-order chi connectivity index (χ0) is 21.3. The van der Waals surface area contributed by atoms with Crippen molar-refractivity contribution in [3.8, 4) is 5.75 Å². The minimum absolute atomic E-state index is 0.0232. The lowest BCUT2D eigenvalue weighted by Crippen LogP contribution is -2.12. The predicted molar refractivity (Wildman–Crippen MR) is 108 cm³/mol. The summed E-state index contributed by atoms with van der Waals surface area (Å²) in [7, 11) is 0. The number of aryl methyl sites for hydroxylation is 1. The number of pyridine rings is 2. The lowest BCUT2D eigenvalue weighted by molar-refractivity contribution is 0.294. The molecule has 5 nitrogen and oxygen atoms in total. The molecule has 0 aliphatic heterocycles. The van der Waals surface area contributed by atoms with Crippen LogP contribution in [0.2, 0.25) is 5.15 Å². The maximum atomic E-state index is 14.2.